The molecule has 0 heterocycles. The largest absolute Gasteiger partial charge is 0.507 e. The van der Waals surface area contributed by atoms with Crippen molar-refractivity contribution in [1.82, 2.24) is 0 Å². The van der Waals surface area contributed by atoms with Crippen LogP contribution in [0, 0.1) is 0 Å². The first kappa shape index (κ1) is 23.9. The minimum absolute atomic E-state index is 0.00310. The van der Waals surface area contributed by atoms with Gasteiger partial charge in [-0.1, -0.05) is 0 Å². The average molecular weight is 396 g/mol. The molecule has 0 radical (unpaired) electrons. The van der Waals surface area contributed by atoms with Crippen molar-refractivity contribution in [2.24, 2.45) is 0 Å². The normalized spacial score (nSPS) is 12.9. The first-order valence-corrected chi connectivity index (χ1v) is 9.19. The number of Topliss-reactive ketones (excluding diaryl/α,β-unsaturated/α-hetero) is 1. The SMILES string of the molecule is CC(C)OC(C)(C)CC(C)(C)OC(=O)c1cc(O)c(C(=O)C(C)(C)O)cc1O. The predicted octanol–water partition coefficient (Wildman–Crippen LogP) is 3.58. The predicted molar refractivity (Wildman–Crippen MR) is 105 cm³/mol. The maximum atomic E-state index is 12.6. The van der Waals surface area contributed by atoms with Gasteiger partial charge in [0.1, 0.15) is 28.3 Å². The fourth-order valence-electron chi connectivity index (χ4n) is 3.30. The lowest BCUT2D eigenvalue weighted by Crippen LogP contribution is -2.40. The summed E-state index contributed by atoms with van der Waals surface area (Å²) in [4.78, 5) is 24.7. The molecule has 1 aromatic rings. The molecule has 0 aliphatic rings. The summed E-state index contributed by atoms with van der Waals surface area (Å²) in [7, 11) is 0. The first-order valence-electron chi connectivity index (χ1n) is 9.19. The molecule has 7 heteroatoms. The van der Waals surface area contributed by atoms with Gasteiger partial charge in [-0.15, -0.1) is 0 Å². The third-order valence-electron chi connectivity index (χ3n) is 3.91. The molecule has 0 atom stereocenters. The van der Waals surface area contributed by atoms with E-state index in [-0.39, 0.29) is 17.2 Å². The number of carbonyl (C=O) groups excluding carboxylic acids is 2. The summed E-state index contributed by atoms with van der Waals surface area (Å²) in [6.45, 7) is 13.6. The summed E-state index contributed by atoms with van der Waals surface area (Å²) in [6, 6.07) is 1.91. The molecule has 158 valence electrons. The number of esters is 1. The van der Waals surface area contributed by atoms with Gasteiger partial charge >= 0.3 is 5.97 Å². The van der Waals surface area contributed by atoms with Gasteiger partial charge in [-0.2, -0.15) is 0 Å². The van der Waals surface area contributed by atoms with Gasteiger partial charge in [0, 0.05) is 6.42 Å². The fourth-order valence-corrected chi connectivity index (χ4v) is 3.30. The molecule has 0 fully saturated rings. The molecule has 0 aromatic heterocycles. The highest BCUT2D eigenvalue weighted by atomic mass is 16.6. The Morgan fingerprint density at radius 2 is 1.39 bits per heavy atom. The number of hydrogen-bond donors (Lipinski definition) is 3. The van der Waals surface area contributed by atoms with Crippen LogP contribution in [0.3, 0.4) is 0 Å². The molecular weight excluding hydrogens is 364 g/mol. The highest BCUT2D eigenvalue weighted by Gasteiger charge is 2.35. The third kappa shape index (κ3) is 6.49. The van der Waals surface area contributed by atoms with E-state index in [1.54, 1.807) is 13.8 Å². The Hall–Kier alpha value is -2.12. The van der Waals surface area contributed by atoms with Crippen LogP contribution in [0.1, 0.15) is 82.5 Å². The van der Waals surface area contributed by atoms with Crippen LogP contribution in [0.4, 0.5) is 0 Å². The van der Waals surface area contributed by atoms with E-state index in [9.17, 15) is 24.9 Å². The van der Waals surface area contributed by atoms with E-state index in [1.165, 1.54) is 13.8 Å². The van der Waals surface area contributed by atoms with Gasteiger partial charge in [-0.05, 0) is 67.5 Å². The first-order chi connectivity index (χ1) is 12.4. The Kier molecular flexibility index (Phi) is 6.91. The van der Waals surface area contributed by atoms with Crippen LogP contribution in [-0.2, 0) is 9.47 Å². The van der Waals surface area contributed by atoms with Crippen molar-refractivity contribution < 1.29 is 34.4 Å². The lowest BCUT2D eigenvalue weighted by atomic mass is 9.91. The molecule has 1 aromatic carbocycles. The average Bonchev–Trinajstić information content (AvgIpc) is 2.43. The van der Waals surface area contributed by atoms with E-state index in [4.69, 9.17) is 9.47 Å². The van der Waals surface area contributed by atoms with E-state index in [0.29, 0.717) is 6.42 Å². The monoisotopic (exact) mass is 396 g/mol. The molecule has 7 nitrogen and oxygen atoms in total. The van der Waals surface area contributed by atoms with E-state index in [0.717, 1.165) is 12.1 Å². The zero-order valence-corrected chi connectivity index (χ0v) is 17.9. The van der Waals surface area contributed by atoms with Crippen molar-refractivity contribution in [3.63, 3.8) is 0 Å². The van der Waals surface area contributed by atoms with Gasteiger partial charge in [0.15, 0.2) is 5.78 Å². The van der Waals surface area contributed by atoms with Gasteiger partial charge in [0.05, 0.1) is 17.3 Å². The lowest BCUT2D eigenvalue weighted by molar-refractivity contribution is -0.102. The zero-order valence-electron chi connectivity index (χ0n) is 17.9. The Labute approximate surface area is 166 Å². The number of phenolic OH excluding ortho intramolecular Hbond substituents is 2. The maximum Gasteiger partial charge on any atom is 0.342 e. The number of aromatic hydroxyl groups is 2. The number of carbonyl (C=O) groups is 2. The topological polar surface area (TPSA) is 113 Å². The fraction of sp³-hybridized carbons (Fsp3) is 0.619. The molecule has 28 heavy (non-hydrogen) atoms. The lowest BCUT2D eigenvalue weighted by Gasteiger charge is -2.35. The van der Waals surface area contributed by atoms with Crippen LogP contribution in [0.15, 0.2) is 12.1 Å². The van der Waals surface area contributed by atoms with Crippen molar-refractivity contribution in [2.75, 3.05) is 0 Å². The van der Waals surface area contributed by atoms with Gasteiger partial charge in [0.2, 0.25) is 0 Å². The van der Waals surface area contributed by atoms with Crippen LogP contribution < -0.4 is 0 Å². The van der Waals surface area contributed by atoms with Gasteiger partial charge in [0.25, 0.3) is 0 Å². The molecule has 0 aliphatic heterocycles. The molecule has 0 bridgehead atoms. The van der Waals surface area contributed by atoms with Crippen molar-refractivity contribution in [1.29, 1.82) is 0 Å². The molecular formula is C21H32O7. The quantitative estimate of drug-likeness (QED) is 0.350. The molecule has 1 rings (SSSR count). The highest BCUT2D eigenvalue weighted by molar-refractivity contribution is 6.05. The summed E-state index contributed by atoms with van der Waals surface area (Å²) in [6.07, 6.45) is 0.398. The second-order valence-corrected chi connectivity index (χ2v) is 9.03. The molecule has 0 saturated carbocycles. The van der Waals surface area contributed by atoms with E-state index in [1.807, 2.05) is 27.7 Å². The minimum Gasteiger partial charge on any atom is -0.507 e. The van der Waals surface area contributed by atoms with Crippen molar-refractivity contribution in [3.8, 4) is 11.5 Å². The molecule has 0 unspecified atom stereocenters. The second-order valence-electron chi connectivity index (χ2n) is 9.03. The van der Waals surface area contributed by atoms with Crippen LogP contribution in [0.5, 0.6) is 11.5 Å². The highest BCUT2D eigenvalue weighted by Crippen LogP contribution is 2.33. The standard InChI is InChI=1S/C21H32O7/c1-12(2)27-19(3,4)11-20(5,6)28-18(25)14-10-15(22)13(9-16(14)23)17(24)21(7,8)26/h9-10,12,22-23,26H,11H2,1-8H3. The number of rotatable bonds is 8. The molecule has 0 aliphatic carbocycles. The van der Waals surface area contributed by atoms with E-state index >= 15 is 0 Å². The van der Waals surface area contributed by atoms with Crippen LogP contribution >= 0.6 is 0 Å². The number of ketones is 1. The number of benzene rings is 1. The summed E-state index contributed by atoms with van der Waals surface area (Å²) < 4.78 is 11.4. The second kappa shape index (κ2) is 8.09. The van der Waals surface area contributed by atoms with Gasteiger partial charge in [-0.3, -0.25) is 4.79 Å². The maximum absolute atomic E-state index is 12.6. The summed E-state index contributed by atoms with van der Waals surface area (Å²) in [5.41, 5.74) is -3.77. The van der Waals surface area contributed by atoms with E-state index < -0.39 is 40.1 Å². The van der Waals surface area contributed by atoms with Crippen LogP contribution in [0.25, 0.3) is 0 Å². The molecule has 0 spiro atoms. The molecule has 0 amide bonds. The van der Waals surface area contributed by atoms with Crippen LogP contribution in [-0.4, -0.2) is 50.0 Å². The summed E-state index contributed by atoms with van der Waals surface area (Å²) in [5, 5.41) is 30.1. The van der Waals surface area contributed by atoms with Crippen LogP contribution in [0.2, 0.25) is 0 Å². The Bertz CT molecular complexity index is 740. The Balaban J connectivity index is 3.07. The number of hydrogen-bond acceptors (Lipinski definition) is 7. The van der Waals surface area contributed by atoms with Gasteiger partial charge in [-0.25, -0.2) is 4.79 Å². The van der Waals surface area contributed by atoms with Gasteiger partial charge < -0.3 is 24.8 Å². The summed E-state index contributed by atoms with van der Waals surface area (Å²) >= 11 is 0. The van der Waals surface area contributed by atoms with Crippen molar-refractivity contribution in [3.05, 3.63) is 23.3 Å². The van der Waals surface area contributed by atoms with E-state index in [2.05, 4.69) is 0 Å². The third-order valence-corrected chi connectivity index (χ3v) is 3.91. The number of aliphatic hydroxyl groups is 1. The van der Waals surface area contributed by atoms with Crippen molar-refractivity contribution in [2.45, 2.75) is 84.7 Å². The molecule has 3 N–H and O–H groups in total. The Morgan fingerprint density at radius 3 is 1.86 bits per heavy atom. The molecule has 0 saturated heterocycles. The summed E-state index contributed by atoms with van der Waals surface area (Å²) in [5.74, 6) is -2.68. The number of ether oxygens (including phenoxy) is 2. The Morgan fingerprint density at radius 1 is 0.929 bits per heavy atom. The number of phenols is 2. The van der Waals surface area contributed by atoms with Crippen molar-refractivity contribution >= 4 is 11.8 Å². The zero-order chi connectivity index (χ0) is 22.1. The smallest absolute Gasteiger partial charge is 0.342 e. The minimum atomic E-state index is -1.74.